The lowest BCUT2D eigenvalue weighted by atomic mass is 9.69. The Morgan fingerprint density at radius 2 is 2.00 bits per heavy atom. The van der Waals surface area contributed by atoms with Gasteiger partial charge in [0.25, 0.3) is 0 Å². The van der Waals surface area contributed by atoms with E-state index in [1.165, 1.54) is 19.3 Å². The van der Waals surface area contributed by atoms with Crippen LogP contribution < -0.4 is 0 Å². The summed E-state index contributed by atoms with van der Waals surface area (Å²) in [6, 6.07) is 0. The van der Waals surface area contributed by atoms with Crippen LogP contribution in [0.15, 0.2) is 0 Å². The maximum Gasteiger partial charge on any atom is 0.0701 e. The first-order valence-electron chi connectivity index (χ1n) is 4.80. The van der Waals surface area contributed by atoms with Crippen molar-refractivity contribution in [1.29, 1.82) is 0 Å². The lowest BCUT2D eigenvalue weighted by Gasteiger charge is -2.46. The van der Waals surface area contributed by atoms with E-state index < -0.39 is 0 Å². The van der Waals surface area contributed by atoms with E-state index in [0.717, 1.165) is 5.92 Å². The Bertz CT molecular complexity index is 89.5. The Balaban J connectivity index is 0.000000461. The molecule has 0 N–H and O–H groups in total. The lowest BCUT2D eigenvalue weighted by molar-refractivity contribution is -0.119. The lowest BCUT2D eigenvalue weighted by Crippen LogP contribution is -2.46. The molecular weight excluding hydrogens is 136 g/mol. The summed E-state index contributed by atoms with van der Waals surface area (Å²) in [6.45, 7) is 8.48. The van der Waals surface area contributed by atoms with E-state index in [1.54, 1.807) is 0 Å². The van der Waals surface area contributed by atoms with Crippen LogP contribution in [0.1, 0.15) is 47.0 Å². The predicted molar refractivity (Wildman–Crippen MR) is 49.8 cm³/mol. The molecule has 68 valence electrons. The number of rotatable bonds is 2. The molecule has 0 aromatic heterocycles. The fraction of sp³-hybridized carbons (Fsp3) is 1.00. The van der Waals surface area contributed by atoms with E-state index in [9.17, 15) is 0 Å². The van der Waals surface area contributed by atoms with Crippen molar-refractivity contribution in [3.8, 4) is 0 Å². The molecule has 1 fully saturated rings. The zero-order valence-corrected chi connectivity index (χ0v) is 8.61. The predicted octanol–water partition coefficient (Wildman–Crippen LogP) is 3.24. The highest BCUT2D eigenvalue weighted by Gasteiger charge is 2.42. The average Bonchev–Trinajstić information content (AvgIpc) is 2.08. The van der Waals surface area contributed by atoms with E-state index in [2.05, 4.69) is 13.8 Å². The van der Waals surface area contributed by atoms with Crippen LogP contribution in [0, 0.1) is 5.92 Å². The van der Waals surface area contributed by atoms with Crippen LogP contribution in [-0.4, -0.2) is 12.7 Å². The van der Waals surface area contributed by atoms with Gasteiger partial charge in [-0.1, -0.05) is 27.7 Å². The van der Waals surface area contributed by atoms with Gasteiger partial charge in [-0.15, -0.1) is 0 Å². The largest absolute Gasteiger partial charge is 0.378 e. The topological polar surface area (TPSA) is 9.23 Å². The van der Waals surface area contributed by atoms with Gasteiger partial charge in [0.05, 0.1) is 5.60 Å². The van der Waals surface area contributed by atoms with Crippen molar-refractivity contribution >= 4 is 0 Å². The van der Waals surface area contributed by atoms with Crippen molar-refractivity contribution in [3.63, 3.8) is 0 Å². The van der Waals surface area contributed by atoms with Crippen molar-refractivity contribution < 1.29 is 4.74 Å². The van der Waals surface area contributed by atoms with Gasteiger partial charge in [0, 0.05) is 7.11 Å². The summed E-state index contributed by atoms with van der Waals surface area (Å²) >= 11 is 0. The summed E-state index contributed by atoms with van der Waals surface area (Å²) in [5, 5.41) is 0. The number of hydrogen-bond donors (Lipinski definition) is 0. The molecule has 0 spiro atoms. The Morgan fingerprint density at radius 1 is 1.45 bits per heavy atom. The molecule has 2 atom stereocenters. The fourth-order valence-electron chi connectivity index (χ4n) is 1.73. The van der Waals surface area contributed by atoms with E-state index in [0.29, 0.717) is 0 Å². The van der Waals surface area contributed by atoms with Crippen LogP contribution >= 0.6 is 0 Å². The second kappa shape index (κ2) is 4.76. The quantitative estimate of drug-likeness (QED) is 0.599. The molecule has 0 aromatic carbocycles. The molecule has 1 aliphatic carbocycles. The highest BCUT2D eigenvalue weighted by molar-refractivity contribution is 4.93. The second-order valence-electron chi connectivity index (χ2n) is 3.06. The van der Waals surface area contributed by atoms with Crippen molar-refractivity contribution in [2.24, 2.45) is 5.92 Å². The normalized spacial score (nSPS) is 35.2. The zero-order valence-electron chi connectivity index (χ0n) is 8.61. The Hall–Kier alpha value is -0.0400. The van der Waals surface area contributed by atoms with Gasteiger partial charge >= 0.3 is 0 Å². The molecule has 0 amide bonds. The highest BCUT2D eigenvalue weighted by Crippen LogP contribution is 2.43. The molecule has 0 heterocycles. The summed E-state index contributed by atoms with van der Waals surface area (Å²) in [7, 11) is 1.83. The Morgan fingerprint density at radius 3 is 2.00 bits per heavy atom. The molecule has 11 heavy (non-hydrogen) atoms. The molecular formula is C10H22O. The minimum Gasteiger partial charge on any atom is -0.378 e. The first-order chi connectivity index (χ1) is 5.25. The minimum atomic E-state index is 0.264. The summed E-state index contributed by atoms with van der Waals surface area (Å²) < 4.78 is 5.44. The maximum absolute atomic E-state index is 5.44. The number of methoxy groups -OCH3 is 1. The van der Waals surface area contributed by atoms with E-state index >= 15 is 0 Å². The fourth-order valence-corrected chi connectivity index (χ4v) is 1.73. The Labute approximate surface area is 71.1 Å². The molecule has 1 unspecified atom stereocenters. The molecule has 0 radical (unpaired) electrons. The molecule has 1 rings (SSSR count). The molecule has 0 bridgehead atoms. The zero-order chi connectivity index (χ0) is 8.91. The first-order valence-corrected chi connectivity index (χ1v) is 4.80. The highest BCUT2D eigenvalue weighted by atomic mass is 16.5. The smallest absolute Gasteiger partial charge is 0.0701 e. The molecule has 1 nitrogen and oxygen atoms in total. The molecule has 0 aliphatic heterocycles. The second-order valence-corrected chi connectivity index (χ2v) is 3.06. The minimum absolute atomic E-state index is 0.264. The van der Waals surface area contributed by atoms with E-state index in [1.807, 2.05) is 21.0 Å². The standard InChI is InChI=1S/C8H16O.C2H6/c1-4-8(9-3)6-5-7(8)2;1-2/h7H,4-6H2,1-3H3;1-2H3/t7?,8-;/m0./s1. The van der Waals surface area contributed by atoms with Crippen LogP contribution in [-0.2, 0) is 4.74 Å². The summed E-state index contributed by atoms with van der Waals surface area (Å²) in [5.41, 5.74) is 0.264. The van der Waals surface area contributed by atoms with Gasteiger partial charge in [-0.25, -0.2) is 0 Å². The molecule has 1 heteroatoms. The van der Waals surface area contributed by atoms with Crippen LogP contribution in [0.5, 0.6) is 0 Å². The summed E-state index contributed by atoms with van der Waals surface area (Å²) in [6.07, 6.45) is 3.79. The van der Waals surface area contributed by atoms with Crippen molar-refractivity contribution in [3.05, 3.63) is 0 Å². The van der Waals surface area contributed by atoms with Crippen LogP contribution in [0.25, 0.3) is 0 Å². The average molecular weight is 158 g/mol. The molecule has 0 aromatic rings. The first kappa shape index (κ1) is 11.0. The number of hydrogen-bond acceptors (Lipinski definition) is 1. The van der Waals surface area contributed by atoms with Crippen LogP contribution in [0.4, 0.5) is 0 Å². The molecule has 1 saturated carbocycles. The van der Waals surface area contributed by atoms with E-state index in [4.69, 9.17) is 4.74 Å². The number of ether oxygens (including phenoxy) is 1. The van der Waals surface area contributed by atoms with Gasteiger partial charge in [0.1, 0.15) is 0 Å². The van der Waals surface area contributed by atoms with E-state index in [-0.39, 0.29) is 5.60 Å². The van der Waals surface area contributed by atoms with Crippen LogP contribution in [0.3, 0.4) is 0 Å². The molecule has 0 saturated heterocycles. The third kappa shape index (κ3) is 1.96. The van der Waals surface area contributed by atoms with Crippen molar-refractivity contribution in [2.75, 3.05) is 7.11 Å². The summed E-state index contributed by atoms with van der Waals surface area (Å²) in [4.78, 5) is 0. The Kier molecular flexibility index (Phi) is 4.74. The third-order valence-corrected chi connectivity index (χ3v) is 2.90. The molecule has 1 aliphatic rings. The van der Waals surface area contributed by atoms with Gasteiger partial charge in [-0.2, -0.15) is 0 Å². The van der Waals surface area contributed by atoms with Crippen molar-refractivity contribution in [1.82, 2.24) is 0 Å². The van der Waals surface area contributed by atoms with Gasteiger partial charge in [-0.3, -0.25) is 0 Å². The van der Waals surface area contributed by atoms with Gasteiger partial charge in [0.15, 0.2) is 0 Å². The maximum atomic E-state index is 5.44. The van der Waals surface area contributed by atoms with Gasteiger partial charge in [-0.05, 0) is 25.2 Å². The van der Waals surface area contributed by atoms with Crippen molar-refractivity contribution in [2.45, 2.75) is 52.6 Å². The van der Waals surface area contributed by atoms with Gasteiger partial charge < -0.3 is 4.74 Å². The summed E-state index contributed by atoms with van der Waals surface area (Å²) in [5.74, 6) is 0.785. The monoisotopic (exact) mass is 158 g/mol. The van der Waals surface area contributed by atoms with Gasteiger partial charge in [0.2, 0.25) is 0 Å². The van der Waals surface area contributed by atoms with Crippen LogP contribution in [0.2, 0.25) is 0 Å². The third-order valence-electron chi connectivity index (χ3n) is 2.90. The SMILES string of the molecule is CC.CC[C@]1(OC)CCC1C.